The van der Waals surface area contributed by atoms with E-state index in [1.807, 2.05) is 0 Å². The maximum absolute atomic E-state index is 8.47. The van der Waals surface area contributed by atoms with Gasteiger partial charge < -0.3 is 20.5 Å². The van der Waals surface area contributed by atoms with E-state index in [1.54, 1.807) is 0 Å². The summed E-state index contributed by atoms with van der Waals surface area (Å²) < 4.78 is 5.16. The Bertz CT molecular complexity index is 112. The first-order valence-corrected chi connectivity index (χ1v) is 4.81. The number of aliphatic hydroxyl groups excluding tert-OH is 1. The number of ether oxygens (including phenoxy) is 1. The monoisotopic (exact) mass is 190 g/mol. The summed E-state index contributed by atoms with van der Waals surface area (Å²) in [5, 5.41) is 8.47. The number of hydrogen-bond acceptors (Lipinski definition) is 4. The molecule has 0 fully saturated rings. The highest BCUT2D eigenvalue weighted by Gasteiger charge is 2.06. The molecule has 0 aromatic heterocycles. The molecule has 0 spiro atoms. The lowest BCUT2D eigenvalue weighted by atomic mass is 10.2. The highest BCUT2D eigenvalue weighted by molar-refractivity contribution is 4.62. The summed E-state index contributed by atoms with van der Waals surface area (Å²) >= 11 is 0. The van der Waals surface area contributed by atoms with E-state index >= 15 is 0 Å². The van der Waals surface area contributed by atoms with E-state index in [0.29, 0.717) is 19.3 Å². The van der Waals surface area contributed by atoms with Gasteiger partial charge >= 0.3 is 0 Å². The molecular weight excluding hydrogens is 168 g/mol. The van der Waals surface area contributed by atoms with Gasteiger partial charge in [-0.3, -0.25) is 0 Å². The Hall–Kier alpha value is -0.160. The molecule has 0 rings (SSSR count). The normalized spacial score (nSPS) is 13.6. The van der Waals surface area contributed by atoms with Gasteiger partial charge in [-0.25, -0.2) is 0 Å². The van der Waals surface area contributed by atoms with E-state index in [0.717, 1.165) is 19.5 Å². The van der Waals surface area contributed by atoms with Crippen molar-refractivity contribution in [2.45, 2.75) is 19.4 Å². The predicted molar refractivity (Wildman–Crippen MR) is 53.7 cm³/mol. The average molecular weight is 190 g/mol. The van der Waals surface area contributed by atoms with Crippen molar-refractivity contribution in [2.75, 3.05) is 40.0 Å². The van der Waals surface area contributed by atoms with Gasteiger partial charge in [0.1, 0.15) is 0 Å². The van der Waals surface area contributed by atoms with Crippen molar-refractivity contribution in [1.29, 1.82) is 0 Å². The van der Waals surface area contributed by atoms with Gasteiger partial charge in [0, 0.05) is 12.6 Å². The van der Waals surface area contributed by atoms with Crippen LogP contribution >= 0.6 is 0 Å². The Morgan fingerprint density at radius 2 is 2.15 bits per heavy atom. The Labute approximate surface area is 80.7 Å². The third-order valence-electron chi connectivity index (χ3n) is 2.16. The summed E-state index contributed by atoms with van der Waals surface area (Å²) in [6.07, 6.45) is 1.01. The van der Waals surface area contributed by atoms with Crippen LogP contribution < -0.4 is 5.73 Å². The molecule has 4 heteroatoms. The highest BCUT2D eigenvalue weighted by atomic mass is 16.5. The second-order valence-electron chi connectivity index (χ2n) is 3.24. The molecule has 0 saturated heterocycles. The number of hydrogen-bond donors (Lipinski definition) is 2. The first-order valence-electron chi connectivity index (χ1n) is 4.81. The van der Waals surface area contributed by atoms with E-state index in [4.69, 9.17) is 15.6 Å². The van der Waals surface area contributed by atoms with E-state index in [9.17, 15) is 0 Å². The Balaban J connectivity index is 3.32. The molecule has 1 unspecified atom stereocenters. The number of likely N-dealkylation sites (N-methyl/N-ethyl adjacent to an activating group) is 1. The maximum Gasteiger partial charge on any atom is 0.0698 e. The molecule has 0 aromatic carbocycles. The summed E-state index contributed by atoms with van der Waals surface area (Å²) in [5.74, 6) is 0. The van der Waals surface area contributed by atoms with E-state index in [2.05, 4.69) is 18.9 Å². The van der Waals surface area contributed by atoms with Crippen LogP contribution in [0.5, 0.6) is 0 Å². The zero-order chi connectivity index (χ0) is 10.1. The fraction of sp³-hybridized carbons (Fsp3) is 1.00. The molecule has 0 aliphatic heterocycles. The lowest BCUT2D eigenvalue weighted by molar-refractivity contribution is 0.0714. The summed E-state index contributed by atoms with van der Waals surface area (Å²) in [4.78, 5) is 2.21. The van der Waals surface area contributed by atoms with Gasteiger partial charge in [-0.2, -0.15) is 0 Å². The molecule has 1 atom stereocenters. The van der Waals surface area contributed by atoms with Crippen LogP contribution in [0.1, 0.15) is 13.3 Å². The Morgan fingerprint density at radius 1 is 1.46 bits per heavy atom. The SMILES string of the molecule is CC(CCN)N(C)CCOCCO. The van der Waals surface area contributed by atoms with Crippen LogP contribution in [-0.4, -0.2) is 56.0 Å². The van der Waals surface area contributed by atoms with Gasteiger partial charge in [-0.15, -0.1) is 0 Å². The summed E-state index contributed by atoms with van der Waals surface area (Å²) in [5.41, 5.74) is 5.45. The number of rotatable bonds is 8. The second kappa shape index (κ2) is 8.44. The quantitative estimate of drug-likeness (QED) is 0.514. The Kier molecular flexibility index (Phi) is 8.33. The van der Waals surface area contributed by atoms with Gasteiger partial charge in [0.25, 0.3) is 0 Å². The van der Waals surface area contributed by atoms with Crippen molar-refractivity contribution in [3.05, 3.63) is 0 Å². The molecule has 0 aromatic rings. The summed E-state index contributed by atoms with van der Waals surface area (Å²) in [7, 11) is 2.06. The van der Waals surface area contributed by atoms with Crippen LogP contribution in [0.25, 0.3) is 0 Å². The van der Waals surface area contributed by atoms with Crippen molar-refractivity contribution in [3.63, 3.8) is 0 Å². The van der Waals surface area contributed by atoms with Crippen LogP contribution in [0.15, 0.2) is 0 Å². The maximum atomic E-state index is 8.47. The predicted octanol–water partition coefficient (Wildman–Crippen LogP) is -0.336. The van der Waals surface area contributed by atoms with Gasteiger partial charge in [0.2, 0.25) is 0 Å². The van der Waals surface area contributed by atoms with Gasteiger partial charge in [-0.1, -0.05) is 0 Å². The molecule has 3 N–H and O–H groups in total. The molecule has 80 valence electrons. The molecule has 13 heavy (non-hydrogen) atoms. The van der Waals surface area contributed by atoms with Crippen molar-refractivity contribution in [3.8, 4) is 0 Å². The first kappa shape index (κ1) is 12.8. The van der Waals surface area contributed by atoms with Crippen LogP contribution in [0, 0.1) is 0 Å². The topological polar surface area (TPSA) is 58.7 Å². The van der Waals surface area contributed by atoms with Crippen molar-refractivity contribution in [1.82, 2.24) is 4.90 Å². The molecule has 4 nitrogen and oxygen atoms in total. The molecule has 0 amide bonds. The van der Waals surface area contributed by atoms with Crippen LogP contribution in [0.2, 0.25) is 0 Å². The van der Waals surface area contributed by atoms with Crippen molar-refractivity contribution < 1.29 is 9.84 Å². The standard InChI is InChI=1S/C9H22N2O2/c1-9(3-4-10)11(2)5-7-13-8-6-12/h9,12H,3-8,10H2,1-2H3. The Morgan fingerprint density at radius 3 is 2.69 bits per heavy atom. The second-order valence-corrected chi connectivity index (χ2v) is 3.24. The van der Waals surface area contributed by atoms with E-state index < -0.39 is 0 Å². The molecule has 0 radical (unpaired) electrons. The lowest BCUT2D eigenvalue weighted by Gasteiger charge is -2.23. The van der Waals surface area contributed by atoms with Crippen LogP contribution in [-0.2, 0) is 4.74 Å². The number of nitrogens with two attached hydrogens (primary N) is 1. The third-order valence-corrected chi connectivity index (χ3v) is 2.16. The van der Waals surface area contributed by atoms with Gasteiger partial charge in [0.05, 0.1) is 19.8 Å². The number of nitrogens with zero attached hydrogens (tertiary/aromatic N) is 1. The van der Waals surface area contributed by atoms with Crippen LogP contribution in [0.3, 0.4) is 0 Å². The van der Waals surface area contributed by atoms with Crippen molar-refractivity contribution >= 4 is 0 Å². The van der Waals surface area contributed by atoms with Gasteiger partial charge in [-0.05, 0) is 26.9 Å². The number of aliphatic hydroxyl groups is 1. The highest BCUT2D eigenvalue weighted by Crippen LogP contribution is 1.98. The largest absolute Gasteiger partial charge is 0.394 e. The van der Waals surface area contributed by atoms with E-state index in [-0.39, 0.29) is 6.61 Å². The first-order chi connectivity index (χ1) is 6.22. The minimum Gasteiger partial charge on any atom is -0.394 e. The minimum absolute atomic E-state index is 0.0993. The molecule has 0 aliphatic rings. The zero-order valence-electron chi connectivity index (χ0n) is 8.70. The van der Waals surface area contributed by atoms with Gasteiger partial charge in [0.15, 0.2) is 0 Å². The lowest BCUT2D eigenvalue weighted by Crippen LogP contribution is -2.33. The van der Waals surface area contributed by atoms with Crippen molar-refractivity contribution in [2.24, 2.45) is 5.73 Å². The molecule has 0 heterocycles. The summed E-state index contributed by atoms with van der Waals surface area (Å²) in [6.45, 7) is 4.97. The fourth-order valence-electron chi connectivity index (χ4n) is 1.06. The zero-order valence-corrected chi connectivity index (χ0v) is 8.70. The minimum atomic E-state index is 0.0993. The van der Waals surface area contributed by atoms with Crippen LogP contribution in [0.4, 0.5) is 0 Å². The summed E-state index contributed by atoms with van der Waals surface area (Å²) in [6, 6.07) is 0.503. The molecule has 0 bridgehead atoms. The third kappa shape index (κ3) is 6.95. The smallest absolute Gasteiger partial charge is 0.0698 e. The fourth-order valence-corrected chi connectivity index (χ4v) is 1.06. The molecular formula is C9H22N2O2. The van der Waals surface area contributed by atoms with E-state index in [1.165, 1.54) is 0 Å². The average Bonchev–Trinajstić information content (AvgIpc) is 2.12. The molecule has 0 aliphatic carbocycles. The molecule has 0 saturated carbocycles.